The number of halogens is 2. The van der Waals surface area contributed by atoms with Crippen LogP contribution in [0.25, 0.3) is 0 Å². The molecule has 20 heavy (non-hydrogen) atoms. The van der Waals surface area contributed by atoms with Gasteiger partial charge in [-0.2, -0.15) is 0 Å². The second-order valence-corrected chi connectivity index (χ2v) is 6.44. The summed E-state index contributed by atoms with van der Waals surface area (Å²) in [5, 5.41) is 3.44. The quantitative estimate of drug-likeness (QED) is 0.843. The van der Waals surface area contributed by atoms with Gasteiger partial charge in [-0.05, 0) is 62.2 Å². The van der Waals surface area contributed by atoms with Crippen LogP contribution in [0, 0.1) is 30.4 Å². The maximum Gasteiger partial charge on any atom is 0.132 e. The summed E-state index contributed by atoms with van der Waals surface area (Å²) >= 11 is 0. The molecule has 0 aliphatic heterocycles. The molecule has 1 aliphatic rings. The van der Waals surface area contributed by atoms with Crippen molar-refractivity contribution in [3.05, 3.63) is 34.9 Å². The van der Waals surface area contributed by atoms with Gasteiger partial charge in [0.25, 0.3) is 0 Å². The molecule has 0 saturated heterocycles. The van der Waals surface area contributed by atoms with Crippen molar-refractivity contribution in [2.24, 2.45) is 11.8 Å². The minimum absolute atomic E-state index is 0.0227. The molecule has 0 amide bonds. The fraction of sp³-hybridized carbons (Fsp3) is 0.647. The molecular formula is C17H25F2N. The number of rotatable bonds is 5. The van der Waals surface area contributed by atoms with Crippen molar-refractivity contribution >= 4 is 0 Å². The maximum absolute atomic E-state index is 14.3. The van der Waals surface area contributed by atoms with Gasteiger partial charge >= 0.3 is 0 Å². The highest BCUT2D eigenvalue weighted by atomic mass is 19.1. The summed E-state index contributed by atoms with van der Waals surface area (Å²) in [5.41, 5.74) is 0.862. The Balaban J connectivity index is 2.13. The fourth-order valence-corrected chi connectivity index (χ4v) is 3.24. The van der Waals surface area contributed by atoms with Gasteiger partial charge in [0.15, 0.2) is 0 Å². The first kappa shape index (κ1) is 15.4. The van der Waals surface area contributed by atoms with Gasteiger partial charge in [-0.25, -0.2) is 8.78 Å². The van der Waals surface area contributed by atoms with E-state index in [1.165, 1.54) is 12.1 Å². The van der Waals surface area contributed by atoms with Crippen LogP contribution in [-0.4, -0.2) is 13.1 Å². The molecule has 1 aromatic carbocycles. The SMILES string of the molecule is Cc1ccc(F)c(C2CCCC2CNCC(C)C)c1F. The first-order chi connectivity index (χ1) is 9.50. The number of nitrogens with one attached hydrogen (secondary N) is 1. The lowest BCUT2D eigenvalue weighted by atomic mass is 9.87. The normalized spacial score (nSPS) is 22.7. The molecule has 2 unspecified atom stereocenters. The van der Waals surface area contributed by atoms with E-state index in [1.54, 1.807) is 6.92 Å². The van der Waals surface area contributed by atoms with Crippen LogP contribution in [0.1, 0.15) is 50.2 Å². The van der Waals surface area contributed by atoms with E-state index < -0.39 is 0 Å². The second kappa shape index (κ2) is 6.66. The Hall–Kier alpha value is -0.960. The van der Waals surface area contributed by atoms with Crippen molar-refractivity contribution in [3.63, 3.8) is 0 Å². The Kier molecular flexibility index (Phi) is 5.14. The Morgan fingerprint density at radius 3 is 2.70 bits per heavy atom. The van der Waals surface area contributed by atoms with E-state index in [4.69, 9.17) is 0 Å². The summed E-state index contributed by atoms with van der Waals surface area (Å²) in [7, 11) is 0. The molecule has 2 rings (SSSR count). The van der Waals surface area contributed by atoms with Gasteiger partial charge in [0.05, 0.1) is 0 Å². The van der Waals surface area contributed by atoms with Crippen molar-refractivity contribution in [2.45, 2.75) is 46.0 Å². The van der Waals surface area contributed by atoms with Crippen LogP contribution in [0.15, 0.2) is 12.1 Å². The van der Waals surface area contributed by atoms with E-state index in [1.807, 2.05) is 0 Å². The van der Waals surface area contributed by atoms with Gasteiger partial charge in [-0.15, -0.1) is 0 Å². The van der Waals surface area contributed by atoms with Crippen LogP contribution in [0.5, 0.6) is 0 Å². The minimum Gasteiger partial charge on any atom is -0.316 e. The summed E-state index contributed by atoms with van der Waals surface area (Å²) in [6.07, 6.45) is 3.01. The molecule has 1 aromatic rings. The van der Waals surface area contributed by atoms with Crippen LogP contribution in [-0.2, 0) is 0 Å². The van der Waals surface area contributed by atoms with Crippen LogP contribution in [0.2, 0.25) is 0 Å². The summed E-state index contributed by atoms with van der Waals surface area (Å²) in [6.45, 7) is 7.86. The third kappa shape index (κ3) is 3.38. The third-order valence-corrected chi connectivity index (χ3v) is 4.31. The highest BCUT2D eigenvalue weighted by molar-refractivity contribution is 5.30. The zero-order valence-electron chi connectivity index (χ0n) is 12.7. The first-order valence-corrected chi connectivity index (χ1v) is 7.66. The molecule has 0 spiro atoms. The maximum atomic E-state index is 14.3. The highest BCUT2D eigenvalue weighted by Gasteiger charge is 2.32. The van der Waals surface area contributed by atoms with Crippen molar-refractivity contribution in [2.75, 3.05) is 13.1 Å². The van der Waals surface area contributed by atoms with Crippen LogP contribution >= 0.6 is 0 Å². The number of hydrogen-bond donors (Lipinski definition) is 1. The van der Waals surface area contributed by atoms with Crippen molar-refractivity contribution in [3.8, 4) is 0 Å². The van der Waals surface area contributed by atoms with Gasteiger partial charge in [0, 0.05) is 5.56 Å². The molecule has 0 radical (unpaired) electrons. The second-order valence-electron chi connectivity index (χ2n) is 6.44. The summed E-state index contributed by atoms with van der Waals surface area (Å²) < 4.78 is 28.3. The fourth-order valence-electron chi connectivity index (χ4n) is 3.24. The molecule has 1 N–H and O–H groups in total. The molecule has 1 nitrogen and oxygen atoms in total. The van der Waals surface area contributed by atoms with Crippen molar-refractivity contribution < 1.29 is 8.78 Å². The lowest BCUT2D eigenvalue weighted by Gasteiger charge is -2.22. The molecule has 3 heteroatoms. The molecule has 0 aromatic heterocycles. The topological polar surface area (TPSA) is 12.0 Å². The molecule has 0 heterocycles. The van der Waals surface area contributed by atoms with Gasteiger partial charge in [0.2, 0.25) is 0 Å². The predicted octanol–water partition coefficient (Wildman–Crippen LogP) is 4.40. The zero-order chi connectivity index (χ0) is 14.7. The molecule has 112 valence electrons. The number of benzene rings is 1. The molecule has 2 atom stereocenters. The smallest absolute Gasteiger partial charge is 0.132 e. The Labute approximate surface area is 120 Å². The van der Waals surface area contributed by atoms with Gasteiger partial charge < -0.3 is 5.32 Å². The number of hydrogen-bond acceptors (Lipinski definition) is 1. The van der Waals surface area contributed by atoms with Crippen LogP contribution in [0.4, 0.5) is 8.78 Å². The Morgan fingerprint density at radius 2 is 2.00 bits per heavy atom. The Morgan fingerprint density at radius 1 is 1.25 bits per heavy atom. The van der Waals surface area contributed by atoms with Crippen molar-refractivity contribution in [1.29, 1.82) is 0 Å². The molecule has 1 aliphatic carbocycles. The van der Waals surface area contributed by atoms with E-state index >= 15 is 0 Å². The van der Waals surface area contributed by atoms with E-state index in [2.05, 4.69) is 19.2 Å². The summed E-state index contributed by atoms with van der Waals surface area (Å²) in [6, 6.07) is 2.93. The molecular weight excluding hydrogens is 256 g/mol. The largest absolute Gasteiger partial charge is 0.316 e. The Bertz CT molecular complexity index is 457. The highest BCUT2D eigenvalue weighted by Crippen LogP contribution is 2.41. The van der Waals surface area contributed by atoms with E-state index in [0.717, 1.165) is 32.4 Å². The average Bonchev–Trinajstić information content (AvgIpc) is 2.82. The van der Waals surface area contributed by atoms with Gasteiger partial charge in [-0.1, -0.05) is 26.3 Å². The lowest BCUT2D eigenvalue weighted by Crippen LogP contribution is -2.28. The number of aryl methyl sites for hydroxylation is 1. The van der Waals surface area contributed by atoms with E-state index in [0.29, 0.717) is 23.0 Å². The zero-order valence-corrected chi connectivity index (χ0v) is 12.7. The molecule has 1 saturated carbocycles. The summed E-state index contributed by atoms with van der Waals surface area (Å²) in [5.74, 6) is 0.246. The van der Waals surface area contributed by atoms with Crippen LogP contribution < -0.4 is 5.32 Å². The van der Waals surface area contributed by atoms with Gasteiger partial charge in [0.1, 0.15) is 11.6 Å². The average molecular weight is 281 g/mol. The third-order valence-electron chi connectivity index (χ3n) is 4.31. The van der Waals surface area contributed by atoms with Gasteiger partial charge in [-0.3, -0.25) is 0 Å². The van der Waals surface area contributed by atoms with E-state index in [9.17, 15) is 8.78 Å². The molecule has 1 fully saturated rings. The standard InChI is InChI=1S/C17H25F2N/c1-11(2)9-20-10-13-5-4-6-14(13)16-15(18)8-7-12(3)17(16)19/h7-8,11,13-14,20H,4-6,9-10H2,1-3H3. The summed E-state index contributed by atoms with van der Waals surface area (Å²) in [4.78, 5) is 0. The monoisotopic (exact) mass is 281 g/mol. The van der Waals surface area contributed by atoms with Crippen LogP contribution in [0.3, 0.4) is 0 Å². The molecule has 0 bridgehead atoms. The minimum atomic E-state index is -0.381. The van der Waals surface area contributed by atoms with E-state index in [-0.39, 0.29) is 17.6 Å². The first-order valence-electron chi connectivity index (χ1n) is 7.66. The predicted molar refractivity (Wildman–Crippen MR) is 78.9 cm³/mol. The lowest BCUT2D eigenvalue weighted by molar-refractivity contribution is 0.404. The van der Waals surface area contributed by atoms with Crippen molar-refractivity contribution in [1.82, 2.24) is 5.32 Å².